The highest BCUT2D eigenvalue weighted by molar-refractivity contribution is 6.53. The monoisotopic (exact) mass is 209 g/mol. The van der Waals surface area contributed by atoms with Gasteiger partial charge in [0.25, 0.3) is 5.91 Å². The van der Waals surface area contributed by atoms with Crippen LogP contribution in [0.4, 0.5) is 0 Å². The first-order valence-corrected chi connectivity index (χ1v) is 4.13. The predicted octanol–water partition coefficient (Wildman–Crippen LogP) is 0.590. The summed E-state index contributed by atoms with van der Waals surface area (Å²) in [4.78, 5) is 10.9. The van der Waals surface area contributed by atoms with Gasteiger partial charge in [-0.3, -0.25) is 4.79 Å². The van der Waals surface area contributed by atoms with Gasteiger partial charge in [-0.15, -0.1) is 17.5 Å². The summed E-state index contributed by atoms with van der Waals surface area (Å²) in [6.07, 6.45) is 5.00. The molecule has 0 saturated heterocycles. The SMILES string of the molecule is Cl.NC(=O)C1=NN=C2CC3=CC3C=C21. The molecule has 0 spiro atoms. The molecule has 0 bridgehead atoms. The highest BCUT2D eigenvalue weighted by Gasteiger charge is 2.35. The van der Waals surface area contributed by atoms with Crippen molar-refractivity contribution >= 4 is 29.7 Å². The standard InChI is InChI=1S/C9H7N3O.ClH/c10-9(13)8-6-2-4-1-5(4)3-7(6)11-12-8;/h1-2,4H,3H2,(H2,10,13);1H. The minimum absolute atomic E-state index is 0. The second-order valence-corrected chi connectivity index (χ2v) is 3.38. The number of carbonyl (C=O) groups is 1. The molecule has 14 heavy (non-hydrogen) atoms. The molecule has 1 amide bonds. The van der Waals surface area contributed by atoms with Gasteiger partial charge in [-0.05, 0) is 0 Å². The zero-order valence-electron chi connectivity index (χ0n) is 7.23. The maximum absolute atomic E-state index is 10.9. The van der Waals surface area contributed by atoms with E-state index in [9.17, 15) is 4.79 Å². The lowest BCUT2D eigenvalue weighted by Crippen LogP contribution is -2.26. The minimum atomic E-state index is -0.492. The van der Waals surface area contributed by atoms with E-state index in [-0.39, 0.29) is 12.4 Å². The normalized spacial score (nSPS) is 25.9. The van der Waals surface area contributed by atoms with Crippen LogP contribution in [0.3, 0.4) is 0 Å². The molecule has 0 aromatic rings. The number of amides is 1. The summed E-state index contributed by atoms with van der Waals surface area (Å²) in [5.74, 6) is -0.0503. The molecule has 1 heterocycles. The van der Waals surface area contributed by atoms with Gasteiger partial charge in [0.05, 0.1) is 5.71 Å². The van der Waals surface area contributed by atoms with Crippen LogP contribution in [0.5, 0.6) is 0 Å². The van der Waals surface area contributed by atoms with E-state index >= 15 is 0 Å². The van der Waals surface area contributed by atoms with E-state index < -0.39 is 5.91 Å². The molecule has 1 atom stereocenters. The third-order valence-electron chi connectivity index (χ3n) is 2.50. The van der Waals surface area contributed by atoms with Crippen LogP contribution >= 0.6 is 12.4 Å². The van der Waals surface area contributed by atoms with Crippen molar-refractivity contribution in [2.45, 2.75) is 6.42 Å². The van der Waals surface area contributed by atoms with Gasteiger partial charge in [0.1, 0.15) is 0 Å². The van der Waals surface area contributed by atoms with Crippen molar-refractivity contribution in [3.05, 3.63) is 23.3 Å². The molecule has 5 heteroatoms. The molecule has 0 saturated carbocycles. The summed E-state index contributed by atoms with van der Waals surface area (Å²) >= 11 is 0. The zero-order valence-corrected chi connectivity index (χ0v) is 8.04. The summed E-state index contributed by atoms with van der Waals surface area (Å²) in [6, 6.07) is 0. The van der Waals surface area contributed by atoms with Crippen LogP contribution in [-0.2, 0) is 4.79 Å². The fourth-order valence-corrected chi connectivity index (χ4v) is 1.73. The van der Waals surface area contributed by atoms with Gasteiger partial charge in [0, 0.05) is 17.9 Å². The third-order valence-corrected chi connectivity index (χ3v) is 2.50. The molecule has 0 fully saturated rings. The Hall–Kier alpha value is -1.42. The van der Waals surface area contributed by atoms with Crippen molar-refractivity contribution < 1.29 is 4.79 Å². The molecule has 2 N–H and O–H groups in total. The van der Waals surface area contributed by atoms with Crippen LogP contribution in [0.2, 0.25) is 0 Å². The predicted molar refractivity (Wildman–Crippen MR) is 55.6 cm³/mol. The van der Waals surface area contributed by atoms with Crippen molar-refractivity contribution in [2.24, 2.45) is 21.9 Å². The Morgan fingerprint density at radius 1 is 1.43 bits per heavy atom. The Morgan fingerprint density at radius 3 is 2.93 bits per heavy atom. The fourth-order valence-electron chi connectivity index (χ4n) is 1.73. The number of hydrogen-bond donors (Lipinski definition) is 1. The minimum Gasteiger partial charge on any atom is -0.364 e. The average Bonchev–Trinajstić information content (AvgIpc) is 2.70. The molecule has 0 aromatic carbocycles. The lowest BCUT2D eigenvalue weighted by Gasteiger charge is -2.08. The first-order valence-electron chi connectivity index (χ1n) is 4.13. The highest BCUT2D eigenvalue weighted by Crippen LogP contribution is 2.40. The molecule has 4 nitrogen and oxygen atoms in total. The number of hydrogen-bond acceptors (Lipinski definition) is 3. The van der Waals surface area contributed by atoms with Crippen molar-refractivity contribution in [1.29, 1.82) is 0 Å². The Balaban J connectivity index is 0.000000750. The van der Waals surface area contributed by atoms with Gasteiger partial charge in [0.15, 0.2) is 5.71 Å². The molecular weight excluding hydrogens is 202 g/mol. The van der Waals surface area contributed by atoms with Crippen LogP contribution in [0, 0.1) is 5.92 Å². The van der Waals surface area contributed by atoms with Crippen LogP contribution < -0.4 is 5.73 Å². The molecule has 1 unspecified atom stereocenters. The molecular formula is C9H8ClN3O. The maximum atomic E-state index is 10.9. The van der Waals surface area contributed by atoms with Crippen LogP contribution in [-0.4, -0.2) is 17.3 Å². The van der Waals surface area contributed by atoms with Crippen molar-refractivity contribution in [1.82, 2.24) is 0 Å². The van der Waals surface area contributed by atoms with Crippen molar-refractivity contribution in [3.8, 4) is 0 Å². The second kappa shape index (κ2) is 2.78. The third kappa shape index (κ3) is 1.11. The van der Waals surface area contributed by atoms with Gasteiger partial charge in [0.2, 0.25) is 0 Å². The number of allylic oxidation sites excluding steroid dienone is 3. The number of rotatable bonds is 1. The summed E-state index contributed by atoms with van der Waals surface area (Å²) in [5, 5.41) is 7.70. The molecule has 3 aliphatic rings. The number of nitrogens with two attached hydrogens (primary N) is 1. The molecule has 0 aromatic heterocycles. The molecule has 3 rings (SSSR count). The van der Waals surface area contributed by atoms with E-state index in [4.69, 9.17) is 5.73 Å². The van der Waals surface area contributed by atoms with Crippen LogP contribution in [0.25, 0.3) is 0 Å². The van der Waals surface area contributed by atoms with Gasteiger partial charge < -0.3 is 5.73 Å². The molecule has 1 aliphatic heterocycles. The van der Waals surface area contributed by atoms with E-state index in [1.807, 2.05) is 6.08 Å². The van der Waals surface area contributed by atoms with Crippen LogP contribution in [0.1, 0.15) is 6.42 Å². The topological polar surface area (TPSA) is 67.8 Å². The molecule has 2 aliphatic carbocycles. The number of primary amides is 1. The van der Waals surface area contributed by atoms with Crippen molar-refractivity contribution in [2.75, 3.05) is 0 Å². The summed E-state index contributed by atoms with van der Waals surface area (Å²) < 4.78 is 0. The zero-order chi connectivity index (χ0) is 9.00. The quantitative estimate of drug-likeness (QED) is 0.631. The van der Waals surface area contributed by atoms with E-state index in [0.29, 0.717) is 11.6 Å². The molecule has 72 valence electrons. The van der Waals surface area contributed by atoms with Gasteiger partial charge in [-0.1, -0.05) is 17.7 Å². The van der Waals surface area contributed by atoms with Gasteiger partial charge >= 0.3 is 0 Å². The first-order chi connectivity index (χ1) is 6.25. The summed E-state index contributed by atoms with van der Waals surface area (Å²) in [7, 11) is 0. The summed E-state index contributed by atoms with van der Waals surface area (Å²) in [6.45, 7) is 0. The Labute approximate surface area is 86.7 Å². The number of halogens is 1. The Kier molecular flexibility index (Phi) is 1.82. The Bertz CT molecular complexity index is 445. The smallest absolute Gasteiger partial charge is 0.269 e. The van der Waals surface area contributed by atoms with Gasteiger partial charge in [-0.25, -0.2) is 0 Å². The fraction of sp³-hybridized carbons (Fsp3) is 0.222. The van der Waals surface area contributed by atoms with E-state index in [1.54, 1.807) is 0 Å². The van der Waals surface area contributed by atoms with E-state index in [2.05, 4.69) is 16.3 Å². The summed E-state index contributed by atoms with van der Waals surface area (Å²) in [5.41, 5.74) is 8.58. The number of fused-ring (bicyclic) bond motifs is 2. The first kappa shape index (κ1) is 9.15. The molecule has 0 radical (unpaired) electrons. The van der Waals surface area contributed by atoms with E-state index in [1.165, 1.54) is 5.57 Å². The van der Waals surface area contributed by atoms with Crippen LogP contribution in [0.15, 0.2) is 33.5 Å². The maximum Gasteiger partial charge on any atom is 0.269 e. The average molecular weight is 210 g/mol. The number of carbonyl (C=O) groups excluding carboxylic acids is 1. The number of nitrogens with zero attached hydrogens (tertiary/aromatic N) is 2. The lowest BCUT2D eigenvalue weighted by molar-refractivity contribution is -0.111. The van der Waals surface area contributed by atoms with Crippen molar-refractivity contribution in [3.63, 3.8) is 0 Å². The van der Waals surface area contributed by atoms with Gasteiger partial charge in [-0.2, -0.15) is 5.10 Å². The second-order valence-electron chi connectivity index (χ2n) is 3.38. The lowest BCUT2D eigenvalue weighted by atomic mass is 9.94. The largest absolute Gasteiger partial charge is 0.364 e. The highest BCUT2D eigenvalue weighted by atomic mass is 35.5. The van der Waals surface area contributed by atoms with E-state index in [0.717, 1.165) is 17.7 Å². The Morgan fingerprint density at radius 2 is 2.21 bits per heavy atom.